The highest BCUT2D eigenvalue weighted by Gasteiger charge is 2.13. The number of anilines is 1. The van der Waals surface area contributed by atoms with Gasteiger partial charge >= 0.3 is 0 Å². The van der Waals surface area contributed by atoms with Crippen molar-refractivity contribution < 1.29 is 19.1 Å². The van der Waals surface area contributed by atoms with Gasteiger partial charge in [0.05, 0.1) is 39.2 Å². The van der Waals surface area contributed by atoms with E-state index >= 15 is 0 Å². The van der Waals surface area contributed by atoms with Crippen molar-refractivity contribution in [2.75, 3.05) is 33.0 Å². The van der Waals surface area contributed by atoms with Gasteiger partial charge in [0, 0.05) is 51.1 Å². The topological polar surface area (TPSA) is 198 Å². The molecule has 2 aromatic carbocycles. The number of aryl methyl sites for hydroxylation is 2. The number of nitrogens with two attached hydrogens (primary N) is 1. The van der Waals surface area contributed by atoms with Gasteiger partial charge in [-0.2, -0.15) is 0 Å². The van der Waals surface area contributed by atoms with Crippen LogP contribution in [0.5, 0.6) is 11.5 Å². The van der Waals surface area contributed by atoms with Crippen LogP contribution in [0.15, 0.2) is 70.5 Å². The maximum absolute atomic E-state index is 12.4. The lowest BCUT2D eigenvalue weighted by Crippen LogP contribution is -2.27. The predicted octanol–water partition coefficient (Wildman–Crippen LogP) is 5.03. The summed E-state index contributed by atoms with van der Waals surface area (Å²) in [6.07, 6.45) is 3.26. The van der Waals surface area contributed by atoms with Crippen molar-refractivity contribution in [2.45, 2.75) is 6.42 Å². The van der Waals surface area contributed by atoms with Crippen molar-refractivity contribution in [3.8, 4) is 11.5 Å². The van der Waals surface area contributed by atoms with E-state index in [0.717, 1.165) is 27.4 Å². The van der Waals surface area contributed by atoms with Crippen LogP contribution in [-0.4, -0.2) is 68.2 Å². The van der Waals surface area contributed by atoms with Gasteiger partial charge in [0.2, 0.25) is 10.6 Å². The first-order valence-electron chi connectivity index (χ1n) is 15.8. The van der Waals surface area contributed by atoms with E-state index in [1.54, 1.807) is 44.4 Å². The number of amides is 2. The SMILES string of the molecule is CNC(=O)COc1cc2cc(Cc3nc(Cl)ncc3Cl)ccc2n(C)c1=O.CNC(=O)COc1cc2cc(N)ccc2n(C)c1=O.Clc1ncc(Cl)c(Cl)n1. The van der Waals surface area contributed by atoms with Crippen LogP contribution in [0.4, 0.5) is 5.69 Å². The molecule has 0 fully saturated rings. The summed E-state index contributed by atoms with van der Waals surface area (Å²) in [6, 6.07) is 14.1. The van der Waals surface area contributed by atoms with Gasteiger partial charge in [-0.3, -0.25) is 19.2 Å². The molecule has 55 heavy (non-hydrogen) atoms. The second-order valence-corrected chi connectivity index (χ2v) is 13.1. The number of rotatable bonds is 8. The summed E-state index contributed by atoms with van der Waals surface area (Å²) in [4.78, 5) is 62.1. The molecule has 4 N–H and O–H groups in total. The van der Waals surface area contributed by atoms with Gasteiger partial charge in [0.25, 0.3) is 22.9 Å². The second kappa shape index (κ2) is 19.4. The van der Waals surface area contributed by atoms with Crippen LogP contribution in [0.2, 0.25) is 25.8 Å². The van der Waals surface area contributed by atoms with E-state index in [-0.39, 0.29) is 63.4 Å². The molecule has 0 spiro atoms. The summed E-state index contributed by atoms with van der Waals surface area (Å²) in [5.74, 6) is -0.381. The number of hydrogen-bond donors (Lipinski definition) is 3. The number of pyridine rings is 2. The van der Waals surface area contributed by atoms with Gasteiger partial charge in [-0.1, -0.05) is 40.9 Å². The number of carbonyl (C=O) groups is 2. The van der Waals surface area contributed by atoms with E-state index in [1.807, 2.05) is 18.2 Å². The maximum atomic E-state index is 12.4. The number of nitrogens with zero attached hydrogens (tertiary/aromatic N) is 6. The Morgan fingerprint density at radius 1 is 0.709 bits per heavy atom. The average molecular weight is 852 g/mol. The summed E-state index contributed by atoms with van der Waals surface area (Å²) in [7, 11) is 6.30. The second-order valence-electron chi connectivity index (χ2n) is 11.3. The number of likely N-dealkylation sites (N-methyl/N-ethyl adjacent to an activating group) is 2. The molecule has 0 bridgehead atoms. The molecule has 0 aliphatic heterocycles. The average Bonchev–Trinajstić information content (AvgIpc) is 3.16. The van der Waals surface area contributed by atoms with Crippen LogP contribution >= 0.6 is 58.0 Å². The Hall–Kier alpha value is -5.19. The molecule has 0 radical (unpaired) electrons. The number of nitrogen functional groups attached to an aromatic ring is 1. The quantitative estimate of drug-likeness (QED) is 0.105. The predicted molar refractivity (Wildman–Crippen MR) is 214 cm³/mol. The van der Waals surface area contributed by atoms with Crippen LogP contribution in [-0.2, 0) is 30.1 Å². The Bertz CT molecular complexity index is 2500. The number of aromatic nitrogens is 6. The van der Waals surface area contributed by atoms with E-state index in [1.165, 1.54) is 35.6 Å². The molecule has 0 aliphatic rings. The van der Waals surface area contributed by atoms with Crippen molar-refractivity contribution in [1.82, 2.24) is 39.7 Å². The van der Waals surface area contributed by atoms with Gasteiger partial charge < -0.3 is 35.0 Å². The third-order valence-electron chi connectivity index (χ3n) is 7.58. The molecule has 4 aromatic heterocycles. The highest BCUT2D eigenvalue weighted by atomic mass is 35.5. The fraction of sp³-hybridized carbons (Fsp3) is 0.200. The number of fused-ring (bicyclic) bond motifs is 2. The molecule has 288 valence electrons. The fourth-order valence-electron chi connectivity index (χ4n) is 4.74. The molecular formula is C35H32Cl5N9O6. The molecule has 0 saturated heterocycles. The molecule has 0 atom stereocenters. The molecule has 20 heteroatoms. The Labute approximate surface area is 338 Å². The zero-order valence-corrected chi connectivity index (χ0v) is 33.3. The molecular weight excluding hydrogens is 820 g/mol. The minimum Gasteiger partial charge on any atom is -0.478 e. The minimum atomic E-state index is -0.318. The highest BCUT2D eigenvalue weighted by Crippen LogP contribution is 2.23. The smallest absolute Gasteiger partial charge is 0.293 e. The van der Waals surface area contributed by atoms with Crippen molar-refractivity contribution in [3.63, 3.8) is 0 Å². The number of nitrogens with one attached hydrogen (secondary N) is 2. The summed E-state index contributed by atoms with van der Waals surface area (Å²) in [5, 5.41) is 7.58. The van der Waals surface area contributed by atoms with Crippen molar-refractivity contribution in [1.29, 1.82) is 0 Å². The Kier molecular flexibility index (Phi) is 15.0. The van der Waals surface area contributed by atoms with E-state index < -0.39 is 0 Å². The lowest BCUT2D eigenvalue weighted by atomic mass is 10.1. The first-order chi connectivity index (χ1) is 26.1. The van der Waals surface area contributed by atoms with E-state index in [0.29, 0.717) is 27.8 Å². The van der Waals surface area contributed by atoms with Crippen LogP contribution in [0.1, 0.15) is 11.3 Å². The number of hydrogen-bond acceptors (Lipinski definition) is 11. The molecule has 6 aromatic rings. The van der Waals surface area contributed by atoms with Crippen molar-refractivity contribution >= 4 is 97.3 Å². The number of ether oxygens (including phenoxy) is 2. The summed E-state index contributed by atoms with van der Waals surface area (Å²) in [6.45, 7) is -0.425. The Balaban J connectivity index is 0.000000207. The molecule has 0 saturated carbocycles. The largest absolute Gasteiger partial charge is 0.478 e. The van der Waals surface area contributed by atoms with Gasteiger partial charge in [0.15, 0.2) is 29.9 Å². The molecule has 0 aliphatic carbocycles. The first-order valence-corrected chi connectivity index (χ1v) is 17.7. The Morgan fingerprint density at radius 3 is 1.71 bits per heavy atom. The maximum Gasteiger partial charge on any atom is 0.293 e. The molecule has 0 unspecified atom stereocenters. The van der Waals surface area contributed by atoms with Crippen molar-refractivity contribution in [2.24, 2.45) is 14.1 Å². The van der Waals surface area contributed by atoms with Crippen LogP contribution in [0.3, 0.4) is 0 Å². The lowest BCUT2D eigenvalue weighted by Gasteiger charge is -2.11. The minimum absolute atomic E-state index is 0.101. The molecule has 2 amide bonds. The number of benzene rings is 2. The van der Waals surface area contributed by atoms with Gasteiger partial charge in [-0.25, -0.2) is 19.9 Å². The van der Waals surface area contributed by atoms with Crippen LogP contribution in [0.25, 0.3) is 21.8 Å². The van der Waals surface area contributed by atoms with E-state index in [4.69, 9.17) is 73.2 Å². The van der Waals surface area contributed by atoms with Gasteiger partial charge in [-0.05, 0) is 71.2 Å². The van der Waals surface area contributed by atoms with E-state index in [2.05, 4.69) is 30.6 Å². The summed E-state index contributed by atoms with van der Waals surface area (Å²) in [5.41, 5.74) is 8.74. The fourth-order valence-corrected chi connectivity index (χ4v) is 5.45. The van der Waals surface area contributed by atoms with Crippen molar-refractivity contribution in [3.05, 3.63) is 119 Å². The van der Waals surface area contributed by atoms with Crippen LogP contribution in [0, 0.1) is 0 Å². The summed E-state index contributed by atoms with van der Waals surface area (Å²) >= 11 is 28.2. The number of halogens is 5. The van der Waals surface area contributed by atoms with Crippen LogP contribution < -0.4 is 37.0 Å². The Morgan fingerprint density at radius 2 is 1.20 bits per heavy atom. The number of carbonyl (C=O) groups excluding carboxylic acids is 2. The summed E-state index contributed by atoms with van der Waals surface area (Å²) < 4.78 is 13.5. The van der Waals surface area contributed by atoms with E-state index in [9.17, 15) is 19.2 Å². The highest BCUT2D eigenvalue weighted by molar-refractivity contribution is 6.41. The van der Waals surface area contributed by atoms with Gasteiger partial charge in [-0.15, -0.1) is 0 Å². The zero-order chi connectivity index (χ0) is 40.4. The normalized spacial score (nSPS) is 10.5. The molecule has 6 rings (SSSR count). The third kappa shape index (κ3) is 11.4. The molecule has 4 heterocycles. The monoisotopic (exact) mass is 849 g/mol. The third-order valence-corrected chi connectivity index (χ3v) is 8.92. The first kappa shape index (κ1) is 42.6. The molecule has 15 nitrogen and oxygen atoms in total. The zero-order valence-electron chi connectivity index (χ0n) is 29.5. The lowest BCUT2D eigenvalue weighted by molar-refractivity contribution is -0.123. The standard InChI is InChI=1S/C18H16Cl2N4O3.C13H15N3O3.C4HCl3N2/c1-21-16(25)9-27-15-7-11-5-10(3-4-14(11)24(2)17(15)26)6-13-12(19)8-22-18(20)23-13;1-15-12(17)7-19-11-6-8-5-9(14)3-4-10(8)16(2)13(11)18;5-2-1-8-4(7)9-3(2)6/h3-5,7-8H,6,9H2,1-2H3,(H,21,25);3-6H,7,14H2,1-2H3,(H,15,17);1H. The van der Waals surface area contributed by atoms with Gasteiger partial charge in [0.1, 0.15) is 0 Å².